The summed E-state index contributed by atoms with van der Waals surface area (Å²) in [4.78, 5) is 0. The van der Waals surface area contributed by atoms with Crippen molar-refractivity contribution in [3.05, 3.63) is 35.9 Å². The molecule has 106 valence electrons. The van der Waals surface area contributed by atoms with E-state index >= 15 is 0 Å². The first-order chi connectivity index (χ1) is 9.24. The zero-order chi connectivity index (χ0) is 13.6. The predicted octanol–water partition coefficient (Wildman–Crippen LogP) is 2.43. The topological polar surface area (TPSA) is 55.5 Å². The predicted molar refractivity (Wildman–Crippen MR) is 76.8 cm³/mol. The van der Waals surface area contributed by atoms with Crippen molar-refractivity contribution in [1.29, 1.82) is 0 Å². The maximum Gasteiger partial charge on any atom is 0.0666 e. The summed E-state index contributed by atoms with van der Waals surface area (Å²) in [5.74, 6) is 0.884. The summed E-state index contributed by atoms with van der Waals surface area (Å²) in [7, 11) is 0. The van der Waals surface area contributed by atoms with Gasteiger partial charge in [0.25, 0.3) is 0 Å². The molecule has 1 aromatic carbocycles. The molecule has 1 unspecified atom stereocenters. The number of hydrogen-bond donors (Lipinski definition) is 2. The van der Waals surface area contributed by atoms with E-state index in [1.54, 1.807) is 0 Å². The number of nitrogens with two attached hydrogens (primary N) is 1. The molecule has 1 fully saturated rings. The summed E-state index contributed by atoms with van der Waals surface area (Å²) >= 11 is 0. The van der Waals surface area contributed by atoms with Crippen LogP contribution in [0.2, 0.25) is 0 Å². The minimum atomic E-state index is -0.683. The standard InChI is InChI=1S/C16H25NO2/c17-16(13-18,15-7-2-1-3-8-15)10-12-19-11-9-14-5-4-6-14/h1-3,7-8,14,18H,4-6,9-13,17H2. The molecular formula is C16H25NO2. The fraction of sp³-hybridized carbons (Fsp3) is 0.625. The molecule has 3 heteroatoms. The normalized spacial score (nSPS) is 18.8. The number of hydrogen-bond acceptors (Lipinski definition) is 3. The van der Waals surface area contributed by atoms with E-state index in [2.05, 4.69) is 0 Å². The van der Waals surface area contributed by atoms with Crippen molar-refractivity contribution in [1.82, 2.24) is 0 Å². The van der Waals surface area contributed by atoms with Gasteiger partial charge in [-0.25, -0.2) is 0 Å². The maximum atomic E-state index is 9.55. The van der Waals surface area contributed by atoms with Gasteiger partial charge in [0.05, 0.1) is 12.1 Å². The van der Waals surface area contributed by atoms with Crippen molar-refractivity contribution in [2.24, 2.45) is 11.7 Å². The molecule has 0 aromatic heterocycles. The van der Waals surface area contributed by atoms with Crippen molar-refractivity contribution < 1.29 is 9.84 Å². The lowest BCUT2D eigenvalue weighted by Crippen LogP contribution is -2.41. The highest BCUT2D eigenvalue weighted by molar-refractivity contribution is 5.23. The Morgan fingerprint density at radius 2 is 1.95 bits per heavy atom. The van der Waals surface area contributed by atoms with Crippen molar-refractivity contribution in [2.45, 2.75) is 37.6 Å². The third-order valence-corrected chi connectivity index (χ3v) is 4.22. The summed E-state index contributed by atoms with van der Waals surface area (Å²) in [5, 5.41) is 9.55. The first-order valence-electron chi connectivity index (χ1n) is 7.27. The van der Waals surface area contributed by atoms with Crippen LogP contribution in [0, 0.1) is 5.92 Å². The molecule has 3 N–H and O–H groups in total. The molecule has 0 bridgehead atoms. The van der Waals surface area contributed by atoms with Crippen LogP contribution in [0.5, 0.6) is 0 Å². The Balaban J connectivity index is 1.72. The summed E-state index contributed by atoms with van der Waals surface area (Å²) in [6.07, 6.45) is 5.94. The molecule has 0 saturated heterocycles. The molecule has 1 aliphatic carbocycles. The molecule has 19 heavy (non-hydrogen) atoms. The first-order valence-corrected chi connectivity index (χ1v) is 7.27. The van der Waals surface area contributed by atoms with Crippen LogP contribution in [0.3, 0.4) is 0 Å². The zero-order valence-electron chi connectivity index (χ0n) is 11.6. The van der Waals surface area contributed by atoms with Crippen LogP contribution in [-0.2, 0) is 10.3 Å². The zero-order valence-corrected chi connectivity index (χ0v) is 11.6. The van der Waals surface area contributed by atoms with E-state index in [4.69, 9.17) is 10.5 Å². The number of benzene rings is 1. The minimum absolute atomic E-state index is 0.0526. The summed E-state index contributed by atoms with van der Waals surface area (Å²) in [6, 6.07) is 9.78. The van der Waals surface area contributed by atoms with Gasteiger partial charge in [-0.1, -0.05) is 49.6 Å². The van der Waals surface area contributed by atoms with Crippen molar-refractivity contribution in [3.63, 3.8) is 0 Å². The summed E-state index contributed by atoms with van der Waals surface area (Å²) in [5.41, 5.74) is 6.56. The molecule has 1 aliphatic rings. The van der Waals surface area contributed by atoms with Crippen LogP contribution in [0.4, 0.5) is 0 Å². The first kappa shape index (κ1) is 14.5. The Morgan fingerprint density at radius 1 is 1.21 bits per heavy atom. The highest BCUT2D eigenvalue weighted by Gasteiger charge is 2.26. The molecule has 1 atom stereocenters. The van der Waals surface area contributed by atoms with Crippen LogP contribution in [0.25, 0.3) is 0 Å². The molecule has 1 saturated carbocycles. The van der Waals surface area contributed by atoms with Gasteiger partial charge in [-0.05, 0) is 24.3 Å². The lowest BCUT2D eigenvalue weighted by atomic mass is 9.83. The molecular weight excluding hydrogens is 238 g/mol. The molecule has 0 spiro atoms. The van der Waals surface area contributed by atoms with Crippen molar-refractivity contribution in [2.75, 3.05) is 19.8 Å². The van der Waals surface area contributed by atoms with Gasteiger partial charge >= 0.3 is 0 Å². The smallest absolute Gasteiger partial charge is 0.0666 e. The molecule has 2 rings (SSSR count). The SMILES string of the molecule is NC(CO)(CCOCCC1CCC1)c1ccccc1. The number of aliphatic hydroxyl groups excluding tert-OH is 1. The van der Waals surface area contributed by atoms with Crippen molar-refractivity contribution >= 4 is 0 Å². The van der Waals surface area contributed by atoms with Crippen LogP contribution < -0.4 is 5.73 Å². The average Bonchev–Trinajstić information content (AvgIpc) is 2.41. The maximum absolute atomic E-state index is 9.55. The highest BCUT2D eigenvalue weighted by atomic mass is 16.5. The van der Waals surface area contributed by atoms with Gasteiger partial charge in [0, 0.05) is 13.2 Å². The average molecular weight is 263 g/mol. The molecule has 3 nitrogen and oxygen atoms in total. The molecule has 0 radical (unpaired) electrons. The third kappa shape index (κ3) is 4.03. The van der Waals surface area contributed by atoms with Crippen LogP contribution >= 0.6 is 0 Å². The molecule has 0 amide bonds. The fourth-order valence-electron chi connectivity index (χ4n) is 2.47. The van der Waals surface area contributed by atoms with Crippen LogP contribution in [-0.4, -0.2) is 24.9 Å². The largest absolute Gasteiger partial charge is 0.394 e. The van der Waals surface area contributed by atoms with Gasteiger partial charge in [0.1, 0.15) is 0 Å². The Kier molecular flexibility index (Phi) is 5.37. The minimum Gasteiger partial charge on any atom is -0.394 e. The van der Waals surface area contributed by atoms with Gasteiger partial charge in [-0.15, -0.1) is 0 Å². The van der Waals surface area contributed by atoms with Gasteiger partial charge in [-0.2, -0.15) is 0 Å². The monoisotopic (exact) mass is 263 g/mol. The lowest BCUT2D eigenvalue weighted by molar-refractivity contribution is 0.0782. The van der Waals surface area contributed by atoms with E-state index in [1.165, 1.54) is 25.7 Å². The Labute approximate surface area is 115 Å². The van der Waals surface area contributed by atoms with Crippen molar-refractivity contribution in [3.8, 4) is 0 Å². The van der Waals surface area contributed by atoms with E-state index in [9.17, 15) is 5.11 Å². The van der Waals surface area contributed by atoms with E-state index in [0.29, 0.717) is 13.0 Å². The Morgan fingerprint density at radius 3 is 2.53 bits per heavy atom. The van der Waals surface area contributed by atoms with Crippen LogP contribution in [0.15, 0.2) is 30.3 Å². The second-order valence-corrected chi connectivity index (χ2v) is 5.63. The molecule has 0 heterocycles. The Hall–Kier alpha value is -0.900. The van der Waals surface area contributed by atoms with Gasteiger partial charge in [0.15, 0.2) is 0 Å². The third-order valence-electron chi connectivity index (χ3n) is 4.22. The van der Waals surface area contributed by atoms with Gasteiger partial charge in [0.2, 0.25) is 0 Å². The van der Waals surface area contributed by atoms with Gasteiger partial charge in [-0.3, -0.25) is 0 Å². The second-order valence-electron chi connectivity index (χ2n) is 5.63. The number of aliphatic hydroxyl groups is 1. The lowest BCUT2D eigenvalue weighted by Gasteiger charge is -2.28. The van der Waals surface area contributed by atoms with Crippen LogP contribution in [0.1, 0.15) is 37.7 Å². The quantitative estimate of drug-likeness (QED) is 0.708. The van der Waals surface area contributed by atoms with E-state index in [1.807, 2.05) is 30.3 Å². The molecule has 0 aliphatic heterocycles. The van der Waals surface area contributed by atoms with E-state index in [0.717, 1.165) is 18.1 Å². The van der Waals surface area contributed by atoms with Gasteiger partial charge < -0.3 is 15.6 Å². The second kappa shape index (κ2) is 7.04. The number of rotatable bonds is 8. The van der Waals surface area contributed by atoms with E-state index < -0.39 is 5.54 Å². The fourth-order valence-corrected chi connectivity index (χ4v) is 2.47. The highest BCUT2D eigenvalue weighted by Crippen LogP contribution is 2.29. The van der Waals surface area contributed by atoms with E-state index in [-0.39, 0.29) is 6.61 Å². The Bertz CT molecular complexity index is 364. The summed E-state index contributed by atoms with van der Waals surface area (Å²) in [6.45, 7) is 1.38. The number of ether oxygens (including phenoxy) is 1. The summed E-state index contributed by atoms with van der Waals surface area (Å²) < 4.78 is 5.67. The molecule has 1 aromatic rings.